The van der Waals surface area contributed by atoms with Gasteiger partial charge >= 0.3 is 0 Å². The van der Waals surface area contributed by atoms with Crippen molar-refractivity contribution >= 4 is 0 Å². The normalized spacial score (nSPS) is 17.1. The predicted octanol–water partition coefficient (Wildman–Crippen LogP) is 3.97. The van der Waals surface area contributed by atoms with Crippen LogP contribution in [0.15, 0.2) is 0 Å². The number of aliphatic hydroxyl groups excluding tert-OH is 1. The molecule has 0 fully saturated rings. The maximum atomic E-state index is 9.70. The minimum Gasteiger partial charge on any atom is -0.368 e. The molecule has 2 heteroatoms. The van der Waals surface area contributed by atoms with E-state index in [1.54, 1.807) is 0 Å². The van der Waals surface area contributed by atoms with Crippen molar-refractivity contribution in [1.29, 1.82) is 0 Å². The molecule has 1 N–H and O–H groups in total. The smallest absolute Gasteiger partial charge is 0.154 e. The molecular formula is C14H30O2. The van der Waals surface area contributed by atoms with Gasteiger partial charge in [-0.15, -0.1) is 0 Å². The Kier molecular flexibility index (Phi) is 10.0. The number of unbranched alkanes of at least 4 members (excludes halogenated alkanes) is 1. The summed E-state index contributed by atoms with van der Waals surface area (Å²) in [5.41, 5.74) is 0. The van der Waals surface area contributed by atoms with Crippen LogP contribution in [0, 0.1) is 11.8 Å². The zero-order valence-corrected chi connectivity index (χ0v) is 11.5. The molecule has 0 rings (SSSR count). The Bertz CT molecular complexity index is 148. The molecule has 0 aliphatic carbocycles. The Morgan fingerprint density at radius 2 is 1.69 bits per heavy atom. The predicted molar refractivity (Wildman–Crippen MR) is 69.3 cm³/mol. The van der Waals surface area contributed by atoms with E-state index in [-0.39, 0.29) is 0 Å². The molecule has 0 amide bonds. The molecule has 0 spiro atoms. The van der Waals surface area contributed by atoms with E-state index in [9.17, 15) is 5.11 Å². The fourth-order valence-corrected chi connectivity index (χ4v) is 1.93. The summed E-state index contributed by atoms with van der Waals surface area (Å²) in [7, 11) is 0. The molecule has 0 aliphatic heterocycles. The van der Waals surface area contributed by atoms with Gasteiger partial charge in [0.1, 0.15) is 0 Å². The van der Waals surface area contributed by atoms with E-state index in [0.717, 1.165) is 6.42 Å². The van der Waals surface area contributed by atoms with E-state index in [0.29, 0.717) is 18.4 Å². The Balaban J connectivity index is 3.51. The van der Waals surface area contributed by atoms with Crippen LogP contribution in [0.1, 0.15) is 66.2 Å². The van der Waals surface area contributed by atoms with Gasteiger partial charge in [0.15, 0.2) is 6.29 Å². The third kappa shape index (κ3) is 9.17. The molecule has 0 saturated carbocycles. The SMILES string of the molecule is CCCCC(C)COC(O)CC(C)CCC. The Labute approximate surface area is 101 Å². The van der Waals surface area contributed by atoms with Gasteiger partial charge in [-0.05, 0) is 18.3 Å². The van der Waals surface area contributed by atoms with Crippen molar-refractivity contribution < 1.29 is 9.84 Å². The highest BCUT2D eigenvalue weighted by atomic mass is 16.6. The number of hydrogen-bond acceptors (Lipinski definition) is 2. The molecule has 2 nitrogen and oxygen atoms in total. The Hall–Kier alpha value is -0.0800. The van der Waals surface area contributed by atoms with Gasteiger partial charge in [0.05, 0.1) is 6.61 Å². The van der Waals surface area contributed by atoms with Crippen LogP contribution in [0.2, 0.25) is 0 Å². The Morgan fingerprint density at radius 3 is 2.25 bits per heavy atom. The average Bonchev–Trinajstić information content (AvgIpc) is 2.23. The second kappa shape index (κ2) is 10.1. The minimum atomic E-state index is -0.564. The molecule has 0 saturated heterocycles. The lowest BCUT2D eigenvalue weighted by molar-refractivity contribution is -0.119. The number of aliphatic hydroxyl groups is 1. The highest BCUT2D eigenvalue weighted by Gasteiger charge is 2.11. The second-order valence-electron chi connectivity index (χ2n) is 5.16. The molecule has 0 radical (unpaired) electrons. The van der Waals surface area contributed by atoms with Crippen molar-refractivity contribution in [3.8, 4) is 0 Å². The first-order valence-electron chi connectivity index (χ1n) is 6.89. The summed E-state index contributed by atoms with van der Waals surface area (Å²) in [6.07, 6.45) is 6.26. The highest BCUT2D eigenvalue weighted by Crippen LogP contribution is 2.15. The first kappa shape index (κ1) is 15.9. The highest BCUT2D eigenvalue weighted by molar-refractivity contribution is 4.56. The van der Waals surface area contributed by atoms with E-state index in [4.69, 9.17) is 4.74 Å². The van der Waals surface area contributed by atoms with Crippen molar-refractivity contribution in [2.75, 3.05) is 6.61 Å². The zero-order valence-electron chi connectivity index (χ0n) is 11.5. The van der Waals surface area contributed by atoms with Crippen molar-refractivity contribution in [3.63, 3.8) is 0 Å². The maximum Gasteiger partial charge on any atom is 0.154 e. The van der Waals surface area contributed by atoms with E-state index >= 15 is 0 Å². The summed E-state index contributed by atoms with van der Waals surface area (Å²) in [4.78, 5) is 0. The minimum absolute atomic E-state index is 0.561. The lowest BCUT2D eigenvalue weighted by Crippen LogP contribution is -2.19. The first-order valence-corrected chi connectivity index (χ1v) is 6.89. The van der Waals surface area contributed by atoms with E-state index in [1.165, 1.54) is 32.1 Å². The first-order chi connectivity index (χ1) is 7.60. The molecule has 0 heterocycles. The molecule has 0 aromatic carbocycles. The molecule has 0 aliphatic rings. The van der Waals surface area contributed by atoms with Crippen molar-refractivity contribution in [2.24, 2.45) is 11.8 Å². The molecule has 3 unspecified atom stereocenters. The topological polar surface area (TPSA) is 29.5 Å². The lowest BCUT2D eigenvalue weighted by Gasteiger charge is -2.18. The maximum absolute atomic E-state index is 9.70. The van der Waals surface area contributed by atoms with Crippen LogP contribution in [0.4, 0.5) is 0 Å². The molecule has 16 heavy (non-hydrogen) atoms. The zero-order chi connectivity index (χ0) is 12.4. The van der Waals surface area contributed by atoms with Crippen molar-refractivity contribution in [3.05, 3.63) is 0 Å². The van der Waals surface area contributed by atoms with Gasteiger partial charge in [0.25, 0.3) is 0 Å². The van der Waals surface area contributed by atoms with Gasteiger partial charge in [0, 0.05) is 6.42 Å². The fourth-order valence-electron chi connectivity index (χ4n) is 1.93. The molecule has 0 bridgehead atoms. The summed E-state index contributed by atoms with van der Waals surface area (Å²) >= 11 is 0. The summed E-state index contributed by atoms with van der Waals surface area (Å²) in [5.74, 6) is 1.13. The van der Waals surface area contributed by atoms with E-state index in [2.05, 4.69) is 27.7 Å². The van der Waals surface area contributed by atoms with Crippen LogP contribution in [0.25, 0.3) is 0 Å². The van der Waals surface area contributed by atoms with E-state index < -0.39 is 6.29 Å². The largest absolute Gasteiger partial charge is 0.368 e. The number of hydrogen-bond donors (Lipinski definition) is 1. The van der Waals surface area contributed by atoms with Crippen LogP contribution in [-0.2, 0) is 4.74 Å². The molecule has 3 atom stereocenters. The Morgan fingerprint density at radius 1 is 1.00 bits per heavy atom. The number of ether oxygens (including phenoxy) is 1. The van der Waals surface area contributed by atoms with Gasteiger partial charge in [-0.2, -0.15) is 0 Å². The monoisotopic (exact) mass is 230 g/mol. The van der Waals surface area contributed by atoms with Crippen LogP contribution >= 0.6 is 0 Å². The van der Waals surface area contributed by atoms with Gasteiger partial charge in [-0.3, -0.25) is 0 Å². The van der Waals surface area contributed by atoms with Crippen LogP contribution in [0.3, 0.4) is 0 Å². The van der Waals surface area contributed by atoms with E-state index in [1.807, 2.05) is 0 Å². The van der Waals surface area contributed by atoms with Gasteiger partial charge in [0.2, 0.25) is 0 Å². The van der Waals surface area contributed by atoms with Gasteiger partial charge < -0.3 is 9.84 Å². The summed E-state index contributed by atoms with van der Waals surface area (Å²) < 4.78 is 5.47. The van der Waals surface area contributed by atoms with Gasteiger partial charge in [-0.1, -0.05) is 53.4 Å². The lowest BCUT2D eigenvalue weighted by atomic mass is 10.0. The van der Waals surface area contributed by atoms with Gasteiger partial charge in [-0.25, -0.2) is 0 Å². The average molecular weight is 230 g/mol. The molecule has 98 valence electrons. The number of rotatable bonds is 10. The standard InChI is InChI=1S/C14H30O2/c1-5-7-9-13(4)11-16-14(15)10-12(3)8-6-2/h12-15H,5-11H2,1-4H3. The van der Waals surface area contributed by atoms with Crippen LogP contribution in [0.5, 0.6) is 0 Å². The molecule has 0 aromatic heterocycles. The summed E-state index contributed by atoms with van der Waals surface area (Å²) in [6.45, 7) is 9.44. The van der Waals surface area contributed by atoms with Crippen LogP contribution < -0.4 is 0 Å². The third-order valence-corrected chi connectivity index (χ3v) is 3.01. The van der Waals surface area contributed by atoms with Crippen LogP contribution in [-0.4, -0.2) is 18.0 Å². The quantitative estimate of drug-likeness (QED) is 0.575. The summed E-state index contributed by atoms with van der Waals surface area (Å²) in [6, 6.07) is 0. The summed E-state index contributed by atoms with van der Waals surface area (Å²) in [5, 5.41) is 9.70. The molecule has 0 aromatic rings. The third-order valence-electron chi connectivity index (χ3n) is 3.01. The molecular weight excluding hydrogens is 200 g/mol. The van der Waals surface area contributed by atoms with Crippen molar-refractivity contribution in [1.82, 2.24) is 0 Å². The van der Waals surface area contributed by atoms with Crippen molar-refractivity contribution in [2.45, 2.75) is 72.5 Å². The second-order valence-corrected chi connectivity index (χ2v) is 5.16. The fraction of sp³-hybridized carbons (Fsp3) is 1.00.